The predicted octanol–water partition coefficient (Wildman–Crippen LogP) is -0.220. The van der Waals surface area contributed by atoms with Crippen LogP contribution in [0.2, 0.25) is 5.02 Å². The Hall–Kier alpha value is -4.68. The summed E-state index contributed by atoms with van der Waals surface area (Å²) in [5.74, 6) is -11.7. The molecule has 5 rings (SSSR count). The van der Waals surface area contributed by atoms with E-state index in [9.17, 15) is 48.7 Å². The Kier molecular flexibility index (Phi) is 8.24. The summed E-state index contributed by atoms with van der Waals surface area (Å²) in [5.41, 5.74) is 3.79. The van der Waals surface area contributed by atoms with Gasteiger partial charge in [-0.2, -0.15) is 0 Å². The van der Waals surface area contributed by atoms with Gasteiger partial charge in [0, 0.05) is 36.8 Å². The zero-order chi connectivity index (χ0) is 33.0. The molecular formula is C26H25BClF2N5O10. The number of aromatic carboxylic acids is 1. The number of carboxylic acid groups (broad SMARTS) is 1. The average molecular weight is 652 g/mol. The third-order valence-corrected chi connectivity index (χ3v) is 8.11. The zero-order valence-electron chi connectivity index (χ0n) is 23.1. The van der Waals surface area contributed by atoms with Gasteiger partial charge >= 0.3 is 30.9 Å². The first-order chi connectivity index (χ1) is 21.1. The van der Waals surface area contributed by atoms with Crippen LogP contribution in [0.15, 0.2) is 18.2 Å². The molecule has 0 spiro atoms. The molecule has 0 bridgehead atoms. The standard InChI is InChI=1S/C26H25BClF2N5O10/c28-17-15(12(30)8-13(36)19(17)37)18(33-25(43)35-6-5-34(22(39)23(35)40)9-26(31)3-4-26)21(38)32-14-7-10-1-2-11(29)16(24(41)42)20(10)45-27(14)44/h1-2,8,14,18,36-37,44H,3-7,9,31H2,(H,32,38)(H,33,43)(H,41,42)/t14-,18?/m0/s1. The van der Waals surface area contributed by atoms with Gasteiger partial charge in [0.05, 0.1) is 11.0 Å². The summed E-state index contributed by atoms with van der Waals surface area (Å²) < 4.78 is 34.5. The maximum Gasteiger partial charge on any atom is 0.547 e. The number of carboxylic acids is 1. The molecule has 1 unspecified atom stereocenters. The minimum absolute atomic E-state index is 0.0731. The quantitative estimate of drug-likeness (QED) is 0.117. The number of phenolic OH excluding ortho intramolecular Hbond substituents is 2. The summed E-state index contributed by atoms with van der Waals surface area (Å²) in [5, 5.41) is 43.3. The Morgan fingerprint density at radius 1 is 1.16 bits per heavy atom. The van der Waals surface area contributed by atoms with Crippen molar-refractivity contribution < 1.29 is 57.8 Å². The van der Waals surface area contributed by atoms with E-state index >= 15 is 4.39 Å². The highest BCUT2D eigenvalue weighted by atomic mass is 35.5. The van der Waals surface area contributed by atoms with Crippen LogP contribution in [0, 0.1) is 11.6 Å². The number of imide groups is 1. The van der Waals surface area contributed by atoms with Gasteiger partial charge in [0.25, 0.3) is 0 Å². The van der Waals surface area contributed by atoms with Crippen LogP contribution in [0.25, 0.3) is 0 Å². The maximum atomic E-state index is 15.2. The number of nitrogens with two attached hydrogens (primary N) is 1. The number of benzene rings is 2. The predicted molar refractivity (Wildman–Crippen MR) is 148 cm³/mol. The Bertz CT molecular complexity index is 1640. The Balaban J connectivity index is 1.41. The van der Waals surface area contributed by atoms with Crippen molar-refractivity contribution >= 4 is 48.4 Å². The highest BCUT2D eigenvalue weighted by Crippen LogP contribution is 2.40. The van der Waals surface area contributed by atoms with E-state index in [1.54, 1.807) is 0 Å². The van der Waals surface area contributed by atoms with Crippen molar-refractivity contribution in [2.24, 2.45) is 5.73 Å². The smallest absolute Gasteiger partial charge is 0.534 e. The molecule has 2 aliphatic heterocycles. The molecule has 1 saturated heterocycles. The van der Waals surface area contributed by atoms with Crippen LogP contribution in [0.4, 0.5) is 13.6 Å². The molecule has 2 aromatic carbocycles. The Labute approximate surface area is 257 Å². The molecule has 5 amide bonds. The number of urea groups is 1. The van der Waals surface area contributed by atoms with Crippen LogP contribution in [0.3, 0.4) is 0 Å². The van der Waals surface area contributed by atoms with E-state index < -0.39 is 99.4 Å². The molecule has 19 heteroatoms. The number of aromatic hydroxyl groups is 2. The van der Waals surface area contributed by atoms with Gasteiger partial charge in [-0.15, -0.1) is 0 Å². The summed E-state index contributed by atoms with van der Waals surface area (Å²) in [7, 11) is -1.96. The molecule has 0 aromatic heterocycles. The van der Waals surface area contributed by atoms with E-state index in [2.05, 4.69) is 10.6 Å². The number of phenols is 2. The van der Waals surface area contributed by atoms with Crippen molar-refractivity contribution in [1.29, 1.82) is 0 Å². The molecule has 2 atom stereocenters. The van der Waals surface area contributed by atoms with E-state index in [0.717, 1.165) is 12.1 Å². The van der Waals surface area contributed by atoms with E-state index in [1.807, 2.05) is 0 Å². The van der Waals surface area contributed by atoms with Crippen molar-refractivity contribution in [3.8, 4) is 17.2 Å². The lowest BCUT2D eigenvalue weighted by molar-refractivity contribution is -0.154. The largest absolute Gasteiger partial charge is 0.547 e. The number of carbonyl (C=O) groups excluding carboxylic acids is 4. The van der Waals surface area contributed by atoms with Gasteiger partial charge in [-0.05, 0) is 30.9 Å². The molecule has 15 nitrogen and oxygen atoms in total. The van der Waals surface area contributed by atoms with Crippen molar-refractivity contribution in [2.45, 2.75) is 36.8 Å². The lowest BCUT2D eigenvalue weighted by Gasteiger charge is -2.35. The number of amides is 5. The van der Waals surface area contributed by atoms with E-state index in [0.29, 0.717) is 23.8 Å². The monoisotopic (exact) mass is 651 g/mol. The number of nitrogens with one attached hydrogen (secondary N) is 2. The molecule has 2 heterocycles. The normalized spacial score (nSPS) is 19.4. The molecule has 0 radical (unpaired) electrons. The third-order valence-electron chi connectivity index (χ3n) is 7.73. The van der Waals surface area contributed by atoms with Gasteiger partial charge in [0.1, 0.15) is 29.0 Å². The van der Waals surface area contributed by atoms with Crippen LogP contribution in [-0.2, 0) is 20.8 Å². The molecule has 45 heavy (non-hydrogen) atoms. The van der Waals surface area contributed by atoms with Gasteiger partial charge in [-0.25, -0.2) is 18.4 Å². The van der Waals surface area contributed by atoms with Crippen LogP contribution in [-0.4, -0.2) is 98.1 Å². The number of fused-ring (bicyclic) bond motifs is 1. The van der Waals surface area contributed by atoms with Crippen LogP contribution in [0.1, 0.15) is 40.4 Å². The SMILES string of the molecule is NC1(CN2CCN(C(=O)NC(C(=O)N[C@H]3Cc4ccc(F)c(C(=O)O)c4OB3O)c3c(F)cc(O)c(O)c3Cl)C(=O)C2=O)CC1. The molecule has 8 N–H and O–H groups in total. The second kappa shape index (κ2) is 11.7. The zero-order valence-corrected chi connectivity index (χ0v) is 23.8. The van der Waals surface area contributed by atoms with E-state index in [1.165, 1.54) is 4.90 Å². The summed E-state index contributed by atoms with van der Waals surface area (Å²) in [4.78, 5) is 65.5. The minimum Gasteiger partial charge on any atom is -0.534 e. The number of halogens is 3. The molecule has 238 valence electrons. The highest BCUT2D eigenvalue weighted by Gasteiger charge is 2.46. The van der Waals surface area contributed by atoms with Crippen LogP contribution in [0.5, 0.6) is 17.2 Å². The summed E-state index contributed by atoms with van der Waals surface area (Å²) >= 11 is 6.05. The van der Waals surface area contributed by atoms with Crippen molar-refractivity contribution in [3.05, 3.63) is 51.5 Å². The van der Waals surface area contributed by atoms with Gasteiger partial charge in [0.15, 0.2) is 11.5 Å². The van der Waals surface area contributed by atoms with Crippen LogP contribution >= 0.6 is 11.6 Å². The molecule has 1 saturated carbocycles. The van der Waals surface area contributed by atoms with E-state index in [-0.39, 0.29) is 31.6 Å². The van der Waals surface area contributed by atoms with Gasteiger partial charge < -0.3 is 46.3 Å². The first kappa shape index (κ1) is 31.7. The van der Waals surface area contributed by atoms with Crippen molar-refractivity contribution in [3.63, 3.8) is 0 Å². The van der Waals surface area contributed by atoms with Gasteiger partial charge in [-0.1, -0.05) is 17.7 Å². The number of hydrogen-bond acceptors (Lipinski definition) is 10. The fourth-order valence-electron chi connectivity index (χ4n) is 5.09. The lowest BCUT2D eigenvalue weighted by Crippen LogP contribution is -2.61. The van der Waals surface area contributed by atoms with Gasteiger partial charge in [0.2, 0.25) is 5.91 Å². The Morgan fingerprint density at radius 3 is 2.49 bits per heavy atom. The van der Waals surface area contributed by atoms with Crippen LogP contribution < -0.4 is 21.0 Å². The first-order valence-corrected chi connectivity index (χ1v) is 13.8. The number of rotatable bonds is 7. The summed E-state index contributed by atoms with van der Waals surface area (Å²) in [6, 6.07) is -1.05. The second-order valence-corrected chi connectivity index (χ2v) is 11.3. The molecule has 2 fully saturated rings. The maximum absolute atomic E-state index is 15.2. The fourth-order valence-corrected chi connectivity index (χ4v) is 5.39. The average Bonchev–Trinajstić information content (AvgIpc) is 3.70. The fraction of sp³-hybridized carbons (Fsp3) is 0.346. The van der Waals surface area contributed by atoms with Crippen molar-refractivity contribution in [2.75, 3.05) is 19.6 Å². The molecule has 2 aromatic rings. The molecular weight excluding hydrogens is 627 g/mol. The topological polar surface area (TPSA) is 232 Å². The highest BCUT2D eigenvalue weighted by molar-refractivity contribution is 6.47. The Morgan fingerprint density at radius 2 is 1.84 bits per heavy atom. The molecule has 3 aliphatic rings. The number of hydrogen-bond donors (Lipinski definition) is 7. The first-order valence-electron chi connectivity index (χ1n) is 13.4. The summed E-state index contributed by atoms with van der Waals surface area (Å²) in [6.45, 7) is -0.291. The van der Waals surface area contributed by atoms with Gasteiger partial charge in [-0.3, -0.25) is 19.3 Å². The number of nitrogens with zero attached hydrogens (tertiary/aromatic N) is 2. The lowest BCUT2D eigenvalue weighted by atomic mass is 9.72. The third kappa shape index (κ3) is 6.03. The number of carbonyl (C=O) groups is 5. The number of piperazine rings is 1. The second-order valence-electron chi connectivity index (χ2n) is 10.9. The van der Waals surface area contributed by atoms with Crippen molar-refractivity contribution in [1.82, 2.24) is 20.4 Å². The molecule has 1 aliphatic carbocycles. The summed E-state index contributed by atoms with van der Waals surface area (Å²) in [6.07, 6.45) is 0.988. The minimum atomic E-state index is -2.15. The van der Waals surface area contributed by atoms with E-state index in [4.69, 9.17) is 22.0 Å².